The number of hydrogen-bond acceptors (Lipinski definition) is 7. The quantitative estimate of drug-likeness (QED) is 0.428. The summed E-state index contributed by atoms with van der Waals surface area (Å²) in [6, 6.07) is 24.8. The molecule has 2 aliphatic heterocycles. The molecule has 38 heavy (non-hydrogen) atoms. The van der Waals surface area contributed by atoms with Gasteiger partial charge in [-0.25, -0.2) is 5.01 Å². The average molecular weight is 529 g/mol. The third-order valence-electron chi connectivity index (χ3n) is 6.26. The molecule has 2 heterocycles. The van der Waals surface area contributed by atoms with Crippen LogP contribution in [0, 0.1) is 0 Å². The minimum absolute atomic E-state index is 0.0139. The number of carbonyl (C=O) groups is 2. The van der Waals surface area contributed by atoms with Gasteiger partial charge in [-0.15, -0.1) is 0 Å². The molecule has 2 atom stereocenters. The van der Waals surface area contributed by atoms with Gasteiger partial charge in [0.15, 0.2) is 5.17 Å². The number of thioether (sulfide) groups is 1. The molecule has 1 N–H and O–H groups in total. The number of benzene rings is 3. The van der Waals surface area contributed by atoms with Crippen LogP contribution in [-0.4, -0.2) is 46.7 Å². The summed E-state index contributed by atoms with van der Waals surface area (Å²) >= 11 is 1.28. The second kappa shape index (κ2) is 11.5. The normalized spacial score (nSPS) is 18.7. The monoisotopic (exact) mass is 528 g/mol. The zero-order chi connectivity index (χ0) is 26.5. The molecule has 0 saturated carbocycles. The van der Waals surface area contributed by atoms with Crippen molar-refractivity contribution in [3.63, 3.8) is 0 Å². The maximum atomic E-state index is 12.8. The molecule has 0 saturated heterocycles. The highest BCUT2D eigenvalue weighted by atomic mass is 32.2. The molecular weight excluding hydrogens is 500 g/mol. The maximum absolute atomic E-state index is 12.8. The summed E-state index contributed by atoms with van der Waals surface area (Å²) in [4.78, 5) is 29.9. The molecule has 0 radical (unpaired) electrons. The van der Waals surface area contributed by atoms with Crippen molar-refractivity contribution in [1.29, 1.82) is 0 Å². The number of nitrogens with zero attached hydrogens (tertiary/aromatic N) is 3. The number of nitrogens with one attached hydrogen (secondary N) is 1. The summed E-state index contributed by atoms with van der Waals surface area (Å²) in [6.07, 6.45) is 0.674. The number of aliphatic imine (C=N–C) groups is 1. The molecule has 5 rings (SSSR count). The molecule has 8 nitrogen and oxygen atoms in total. The van der Waals surface area contributed by atoms with Crippen molar-refractivity contribution in [3.05, 3.63) is 90.0 Å². The Morgan fingerprint density at radius 3 is 2.42 bits per heavy atom. The first kappa shape index (κ1) is 25.5. The topological polar surface area (TPSA) is 92.6 Å². The summed E-state index contributed by atoms with van der Waals surface area (Å²) < 4.78 is 10.8. The molecule has 9 heteroatoms. The van der Waals surface area contributed by atoms with Gasteiger partial charge in [0.2, 0.25) is 5.91 Å². The van der Waals surface area contributed by atoms with Crippen LogP contribution in [0.25, 0.3) is 0 Å². The van der Waals surface area contributed by atoms with E-state index in [9.17, 15) is 9.59 Å². The number of carbonyl (C=O) groups excluding carboxylic acids is 2. The zero-order valence-electron chi connectivity index (χ0n) is 21.2. The highest BCUT2D eigenvalue weighted by Crippen LogP contribution is 2.39. The van der Waals surface area contributed by atoms with E-state index in [4.69, 9.17) is 14.6 Å². The van der Waals surface area contributed by atoms with Gasteiger partial charge in [-0.05, 0) is 54.4 Å². The molecule has 0 unspecified atom stereocenters. The van der Waals surface area contributed by atoms with Gasteiger partial charge < -0.3 is 14.8 Å². The zero-order valence-corrected chi connectivity index (χ0v) is 22.0. The van der Waals surface area contributed by atoms with E-state index >= 15 is 0 Å². The van der Waals surface area contributed by atoms with Crippen molar-refractivity contribution in [2.45, 2.75) is 31.1 Å². The van der Waals surface area contributed by atoms with Gasteiger partial charge in [0.05, 0.1) is 25.5 Å². The molecule has 0 aliphatic carbocycles. The first-order valence-corrected chi connectivity index (χ1v) is 13.3. The molecule has 0 bridgehead atoms. The fraction of sp³-hybridized carbons (Fsp3) is 0.241. The van der Waals surface area contributed by atoms with Gasteiger partial charge in [-0.3, -0.25) is 9.59 Å². The van der Waals surface area contributed by atoms with E-state index in [0.29, 0.717) is 23.9 Å². The summed E-state index contributed by atoms with van der Waals surface area (Å²) in [5.74, 6) is 0.920. The lowest BCUT2D eigenvalue weighted by Gasteiger charge is -2.23. The smallest absolute Gasteiger partial charge is 0.262 e. The number of amidine groups is 1. The van der Waals surface area contributed by atoms with E-state index in [0.717, 1.165) is 28.3 Å². The van der Waals surface area contributed by atoms with Crippen LogP contribution in [0.4, 0.5) is 5.69 Å². The van der Waals surface area contributed by atoms with E-state index in [1.165, 1.54) is 11.8 Å². The van der Waals surface area contributed by atoms with Crippen LogP contribution >= 0.6 is 11.8 Å². The Labute approximate surface area is 225 Å². The second-order valence-electron chi connectivity index (χ2n) is 8.80. The van der Waals surface area contributed by atoms with Crippen molar-refractivity contribution in [1.82, 2.24) is 5.01 Å². The van der Waals surface area contributed by atoms with Gasteiger partial charge in [0.25, 0.3) is 5.91 Å². The Hall–Kier alpha value is -4.11. The van der Waals surface area contributed by atoms with E-state index in [2.05, 4.69) is 10.3 Å². The molecule has 0 fully saturated rings. The first-order chi connectivity index (χ1) is 18.5. The molecule has 0 aromatic heterocycles. The number of amides is 2. The summed E-state index contributed by atoms with van der Waals surface area (Å²) in [7, 11) is 1.63. The van der Waals surface area contributed by atoms with Crippen LogP contribution in [-0.2, 0) is 9.59 Å². The highest BCUT2D eigenvalue weighted by Gasteiger charge is 2.39. The average Bonchev–Trinajstić information content (AvgIpc) is 3.54. The van der Waals surface area contributed by atoms with Gasteiger partial charge >= 0.3 is 0 Å². The van der Waals surface area contributed by atoms with Gasteiger partial charge in [0, 0.05) is 18.5 Å². The lowest BCUT2D eigenvalue weighted by molar-refractivity contribution is -0.121. The Balaban J connectivity index is 1.30. The highest BCUT2D eigenvalue weighted by molar-refractivity contribution is 8.15. The molecule has 3 aromatic rings. The number of hydrogen-bond donors (Lipinski definition) is 1. The SMILES string of the molecule is CCOc1ccc(NC(=O)C[C@@H]2SC(N3N=C(c4ccccc4)C[C@@H]3c3ccc(OC)cc3)=NC2=O)cc1. The third-order valence-corrected chi connectivity index (χ3v) is 7.40. The fourth-order valence-corrected chi connectivity index (χ4v) is 5.42. The van der Waals surface area contributed by atoms with E-state index < -0.39 is 5.25 Å². The Kier molecular flexibility index (Phi) is 7.74. The van der Waals surface area contributed by atoms with Crippen LogP contribution < -0.4 is 14.8 Å². The van der Waals surface area contributed by atoms with Crippen molar-refractivity contribution >= 4 is 40.1 Å². The largest absolute Gasteiger partial charge is 0.497 e. The van der Waals surface area contributed by atoms with Crippen LogP contribution in [0.1, 0.15) is 36.9 Å². The predicted octanol–water partition coefficient (Wildman–Crippen LogP) is 5.27. The lowest BCUT2D eigenvalue weighted by atomic mass is 9.98. The summed E-state index contributed by atoms with van der Waals surface area (Å²) in [5.41, 5.74) is 3.62. The number of rotatable bonds is 8. The van der Waals surface area contributed by atoms with Crippen molar-refractivity contribution in [3.8, 4) is 11.5 Å². The summed E-state index contributed by atoms with van der Waals surface area (Å²) in [6.45, 7) is 2.49. The van der Waals surface area contributed by atoms with E-state index in [1.807, 2.05) is 66.5 Å². The number of anilines is 1. The van der Waals surface area contributed by atoms with Crippen molar-refractivity contribution in [2.24, 2.45) is 10.1 Å². The minimum Gasteiger partial charge on any atom is -0.497 e. The maximum Gasteiger partial charge on any atom is 0.262 e. The second-order valence-corrected chi connectivity index (χ2v) is 9.97. The standard InChI is InChI=1S/C29H28N4O4S/c1-3-37-23-15-11-21(12-16-23)30-27(34)18-26-28(35)31-29(38-26)33-25(20-9-13-22(36-2)14-10-20)17-24(32-33)19-7-5-4-6-8-19/h4-16,25-26H,3,17-18H2,1-2H3,(H,30,34)/t25-,26+/m1/s1. The van der Waals surface area contributed by atoms with Crippen LogP contribution in [0.2, 0.25) is 0 Å². The number of ether oxygens (including phenoxy) is 2. The van der Waals surface area contributed by atoms with Crippen molar-refractivity contribution < 1.29 is 19.1 Å². The Morgan fingerprint density at radius 1 is 1.03 bits per heavy atom. The summed E-state index contributed by atoms with van der Waals surface area (Å²) in [5, 5.41) is 9.44. The molecular formula is C29H28N4O4S. The molecule has 0 spiro atoms. The molecule has 3 aromatic carbocycles. The van der Waals surface area contributed by atoms with Crippen LogP contribution in [0.3, 0.4) is 0 Å². The third kappa shape index (κ3) is 5.73. The molecule has 2 aliphatic rings. The predicted molar refractivity (Wildman–Crippen MR) is 150 cm³/mol. The van der Waals surface area contributed by atoms with E-state index in [-0.39, 0.29) is 24.3 Å². The molecule has 2 amide bonds. The van der Waals surface area contributed by atoms with E-state index in [1.54, 1.807) is 31.4 Å². The fourth-order valence-electron chi connectivity index (χ4n) is 4.36. The Morgan fingerprint density at radius 2 is 1.74 bits per heavy atom. The van der Waals surface area contributed by atoms with Gasteiger partial charge in [-0.1, -0.05) is 54.2 Å². The first-order valence-electron chi connectivity index (χ1n) is 12.4. The minimum atomic E-state index is -0.611. The number of hydrazone groups is 1. The van der Waals surface area contributed by atoms with Crippen LogP contribution in [0.15, 0.2) is 89.0 Å². The van der Waals surface area contributed by atoms with Crippen LogP contribution in [0.5, 0.6) is 11.5 Å². The number of methoxy groups -OCH3 is 1. The lowest BCUT2D eigenvalue weighted by Crippen LogP contribution is -2.25. The van der Waals surface area contributed by atoms with Gasteiger partial charge in [0.1, 0.15) is 16.7 Å². The van der Waals surface area contributed by atoms with Gasteiger partial charge in [-0.2, -0.15) is 10.1 Å². The van der Waals surface area contributed by atoms with Crippen molar-refractivity contribution in [2.75, 3.05) is 19.0 Å². The molecule has 194 valence electrons. The Bertz CT molecular complexity index is 1360.